The molecule has 7 heteroatoms. The predicted molar refractivity (Wildman–Crippen MR) is 84.8 cm³/mol. The number of carbonyl (C=O) groups is 2. The summed E-state index contributed by atoms with van der Waals surface area (Å²) in [5, 5.41) is 8.63. The number of hydrogen-bond donors (Lipinski definition) is 1. The lowest BCUT2D eigenvalue weighted by atomic mass is 10.3. The van der Waals surface area contributed by atoms with Crippen molar-refractivity contribution in [3.8, 4) is 0 Å². The Morgan fingerprint density at radius 3 is 2.90 bits per heavy atom. The quantitative estimate of drug-likeness (QED) is 0.640. The van der Waals surface area contributed by atoms with Gasteiger partial charge in [-0.25, -0.2) is 0 Å². The summed E-state index contributed by atoms with van der Waals surface area (Å²) in [6.45, 7) is 2.32. The van der Waals surface area contributed by atoms with Gasteiger partial charge in [-0.05, 0) is 18.6 Å². The van der Waals surface area contributed by atoms with Gasteiger partial charge in [0, 0.05) is 25.5 Å². The van der Waals surface area contributed by atoms with Crippen LogP contribution in [-0.2, 0) is 16.0 Å². The topological polar surface area (TPSA) is 70.8 Å². The first-order valence-electron chi connectivity index (χ1n) is 6.57. The summed E-state index contributed by atoms with van der Waals surface area (Å²) in [5.74, 6) is 0.416. The van der Waals surface area contributed by atoms with E-state index in [9.17, 15) is 9.59 Å². The minimum absolute atomic E-state index is 0.0220. The van der Waals surface area contributed by atoms with Crippen molar-refractivity contribution in [1.82, 2.24) is 4.90 Å². The second kappa shape index (κ2) is 6.91. The van der Waals surface area contributed by atoms with E-state index >= 15 is 0 Å². The average Bonchev–Trinajstić information content (AvgIpc) is 2.98. The number of aliphatic carboxylic acids is 1. The third kappa shape index (κ3) is 3.95. The van der Waals surface area contributed by atoms with E-state index < -0.39 is 5.97 Å². The highest BCUT2D eigenvalue weighted by Gasteiger charge is 2.31. The summed E-state index contributed by atoms with van der Waals surface area (Å²) < 4.78 is 6.00. The van der Waals surface area contributed by atoms with Crippen LogP contribution in [0.2, 0.25) is 0 Å². The highest BCUT2D eigenvalue weighted by atomic mass is 32.2. The molecule has 112 valence electrons. The molecule has 0 aromatic carbocycles. The minimum atomic E-state index is -0.876. The third-order valence-corrected chi connectivity index (χ3v) is 4.33. The van der Waals surface area contributed by atoms with Crippen molar-refractivity contribution in [2.45, 2.75) is 26.2 Å². The molecule has 1 amide bonds. The molecule has 5 nitrogen and oxygen atoms in total. The minimum Gasteiger partial charge on any atom is -0.481 e. The molecule has 0 radical (unpaired) electrons. The maximum Gasteiger partial charge on any atom is 0.303 e. The molecule has 1 aromatic rings. The molecular formula is C14H15NO4S2. The van der Waals surface area contributed by atoms with E-state index in [-0.39, 0.29) is 12.3 Å². The second-order valence-corrected chi connectivity index (χ2v) is 6.16. The fourth-order valence-corrected chi connectivity index (χ4v) is 3.16. The number of amides is 1. The van der Waals surface area contributed by atoms with Gasteiger partial charge >= 0.3 is 5.97 Å². The lowest BCUT2D eigenvalue weighted by Gasteiger charge is -2.13. The molecule has 1 aliphatic heterocycles. The molecule has 2 heterocycles. The van der Waals surface area contributed by atoms with Crippen molar-refractivity contribution in [2.75, 3.05) is 6.54 Å². The summed E-state index contributed by atoms with van der Waals surface area (Å²) in [6, 6.07) is 3.69. The molecule has 1 aliphatic rings. The summed E-state index contributed by atoms with van der Waals surface area (Å²) in [4.78, 5) is 24.7. The molecule has 1 aromatic heterocycles. The SMILES string of the molecule is CCc1ccc(C=C2SC(=S)N(CCCC(=O)O)C2=O)o1. The van der Waals surface area contributed by atoms with Gasteiger partial charge in [0.05, 0.1) is 4.91 Å². The number of rotatable bonds is 6. The third-order valence-electron chi connectivity index (χ3n) is 2.95. The molecule has 0 bridgehead atoms. The fourth-order valence-electron chi connectivity index (χ4n) is 1.87. The van der Waals surface area contributed by atoms with E-state index in [0.29, 0.717) is 28.0 Å². The standard InChI is InChI=1S/C14H15NO4S2/c1-2-9-5-6-10(19-9)8-11-13(18)15(14(20)21-11)7-3-4-12(16)17/h5-6,8H,2-4,7H2,1H3,(H,16,17). The Labute approximate surface area is 132 Å². The largest absolute Gasteiger partial charge is 0.481 e. The summed E-state index contributed by atoms with van der Waals surface area (Å²) in [5.41, 5.74) is 0. The van der Waals surface area contributed by atoms with Crippen LogP contribution in [0.3, 0.4) is 0 Å². The van der Waals surface area contributed by atoms with Crippen LogP contribution in [0.4, 0.5) is 0 Å². The fraction of sp³-hybridized carbons (Fsp3) is 0.357. The Bertz CT molecular complexity index is 606. The molecule has 0 unspecified atom stereocenters. The summed E-state index contributed by atoms with van der Waals surface area (Å²) in [6.07, 6.45) is 2.88. The van der Waals surface area contributed by atoms with Gasteiger partial charge < -0.3 is 9.52 Å². The smallest absolute Gasteiger partial charge is 0.303 e. The Morgan fingerprint density at radius 2 is 2.29 bits per heavy atom. The van der Waals surface area contributed by atoms with Crippen molar-refractivity contribution in [2.24, 2.45) is 0 Å². The number of furan rings is 1. The van der Waals surface area contributed by atoms with E-state index in [1.54, 1.807) is 6.08 Å². The number of hydrogen-bond acceptors (Lipinski definition) is 5. The van der Waals surface area contributed by atoms with Crippen LogP contribution in [0.15, 0.2) is 21.5 Å². The van der Waals surface area contributed by atoms with Crippen LogP contribution >= 0.6 is 24.0 Å². The van der Waals surface area contributed by atoms with Crippen molar-refractivity contribution >= 4 is 46.3 Å². The van der Waals surface area contributed by atoms with Crippen LogP contribution in [0, 0.1) is 0 Å². The average molecular weight is 325 g/mol. The van der Waals surface area contributed by atoms with Gasteiger partial charge in [-0.2, -0.15) is 0 Å². The van der Waals surface area contributed by atoms with Crippen molar-refractivity contribution in [1.29, 1.82) is 0 Å². The number of carboxylic acids is 1. The Hall–Kier alpha value is -1.60. The Kier molecular flexibility index (Phi) is 5.19. The van der Waals surface area contributed by atoms with E-state index in [1.165, 1.54) is 16.7 Å². The van der Waals surface area contributed by atoms with Gasteiger partial charge in [-0.3, -0.25) is 14.5 Å². The molecule has 1 saturated heterocycles. The van der Waals surface area contributed by atoms with Gasteiger partial charge in [0.2, 0.25) is 0 Å². The highest BCUT2D eigenvalue weighted by molar-refractivity contribution is 8.26. The Balaban J connectivity index is 2.04. The molecule has 0 aliphatic carbocycles. The summed E-state index contributed by atoms with van der Waals surface area (Å²) >= 11 is 6.38. The first-order chi connectivity index (χ1) is 10.0. The monoisotopic (exact) mass is 325 g/mol. The maximum atomic E-state index is 12.2. The zero-order valence-electron chi connectivity index (χ0n) is 11.5. The molecule has 21 heavy (non-hydrogen) atoms. The number of aryl methyl sites for hydroxylation is 1. The second-order valence-electron chi connectivity index (χ2n) is 4.49. The van der Waals surface area contributed by atoms with Gasteiger partial charge in [0.15, 0.2) is 0 Å². The van der Waals surface area contributed by atoms with Gasteiger partial charge in [0.1, 0.15) is 15.8 Å². The van der Waals surface area contributed by atoms with Gasteiger partial charge in [0.25, 0.3) is 5.91 Å². The van der Waals surface area contributed by atoms with Crippen LogP contribution in [0.5, 0.6) is 0 Å². The predicted octanol–water partition coefficient (Wildman–Crippen LogP) is 2.91. The summed E-state index contributed by atoms with van der Waals surface area (Å²) in [7, 11) is 0. The first kappa shape index (κ1) is 15.8. The molecule has 1 N–H and O–H groups in total. The van der Waals surface area contributed by atoms with Crippen LogP contribution in [0.1, 0.15) is 31.3 Å². The number of thiocarbonyl (C=S) groups is 1. The Morgan fingerprint density at radius 1 is 1.52 bits per heavy atom. The van der Waals surface area contributed by atoms with Crippen molar-refractivity contribution < 1.29 is 19.1 Å². The van der Waals surface area contributed by atoms with E-state index in [1.807, 2.05) is 19.1 Å². The molecular weight excluding hydrogens is 310 g/mol. The zero-order valence-corrected chi connectivity index (χ0v) is 13.1. The van der Waals surface area contributed by atoms with E-state index in [0.717, 1.165) is 12.2 Å². The maximum absolute atomic E-state index is 12.2. The highest BCUT2D eigenvalue weighted by Crippen LogP contribution is 2.33. The lowest BCUT2D eigenvalue weighted by molar-refractivity contribution is -0.137. The van der Waals surface area contributed by atoms with Crippen LogP contribution in [0.25, 0.3) is 6.08 Å². The normalized spacial score (nSPS) is 17.0. The van der Waals surface area contributed by atoms with E-state index in [2.05, 4.69) is 0 Å². The molecule has 1 fully saturated rings. The number of carboxylic acid groups (broad SMARTS) is 1. The number of carbonyl (C=O) groups excluding carboxylic acids is 1. The van der Waals surface area contributed by atoms with Crippen molar-refractivity contribution in [3.63, 3.8) is 0 Å². The number of thioether (sulfide) groups is 1. The van der Waals surface area contributed by atoms with Gasteiger partial charge in [-0.15, -0.1) is 0 Å². The zero-order chi connectivity index (χ0) is 15.4. The molecule has 0 saturated carbocycles. The van der Waals surface area contributed by atoms with Crippen LogP contribution in [-0.4, -0.2) is 32.7 Å². The van der Waals surface area contributed by atoms with Crippen LogP contribution < -0.4 is 0 Å². The number of nitrogens with zero attached hydrogens (tertiary/aromatic N) is 1. The van der Waals surface area contributed by atoms with E-state index in [4.69, 9.17) is 21.7 Å². The molecule has 2 rings (SSSR count). The first-order valence-corrected chi connectivity index (χ1v) is 7.79. The molecule has 0 spiro atoms. The van der Waals surface area contributed by atoms with Gasteiger partial charge in [-0.1, -0.05) is 30.9 Å². The molecule has 0 atom stereocenters. The lowest BCUT2D eigenvalue weighted by Crippen LogP contribution is -2.29. The van der Waals surface area contributed by atoms with Crippen molar-refractivity contribution in [3.05, 3.63) is 28.6 Å².